The van der Waals surface area contributed by atoms with Crippen LogP contribution in [0.1, 0.15) is 42.2 Å². The Morgan fingerprint density at radius 3 is 2.67 bits per heavy atom. The van der Waals surface area contributed by atoms with Crippen molar-refractivity contribution in [2.45, 2.75) is 37.8 Å². The molecule has 0 spiro atoms. The monoisotopic (exact) mass is 357 g/mol. The fourth-order valence-electron chi connectivity index (χ4n) is 2.06. The Morgan fingerprint density at radius 1 is 1.48 bits per heavy atom. The van der Waals surface area contributed by atoms with Crippen LogP contribution in [0.5, 0.6) is 0 Å². The zero-order valence-electron chi connectivity index (χ0n) is 11.2. The summed E-state index contributed by atoms with van der Waals surface area (Å²) in [6.07, 6.45) is 3.70. The second kappa shape index (κ2) is 6.30. The molecule has 7 nitrogen and oxygen atoms in total. The van der Waals surface area contributed by atoms with Crippen molar-refractivity contribution >= 4 is 33.7 Å². The number of amides is 2. The number of aromatic nitrogens is 1. The van der Waals surface area contributed by atoms with E-state index >= 15 is 0 Å². The summed E-state index contributed by atoms with van der Waals surface area (Å²) in [7, 11) is 0. The van der Waals surface area contributed by atoms with E-state index in [2.05, 4.69) is 21.2 Å². The largest absolute Gasteiger partial charge is 0.480 e. The van der Waals surface area contributed by atoms with Gasteiger partial charge in [0.25, 0.3) is 5.91 Å². The Hall–Kier alpha value is -1.83. The number of carboxylic acid groups (broad SMARTS) is 1. The summed E-state index contributed by atoms with van der Waals surface area (Å²) in [4.78, 5) is 34.1. The minimum absolute atomic E-state index is 0.0261. The number of nitrogens with two attached hydrogens (primary N) is 1. The first kappa shape index (κ1) is 15.6. The van der Waals surface area contributed by atoms with Gasteiger partial charge in [-0.3, -0.25) is 9.59 Å². The van der Waals surface area contributed by atoms with Crippen molar-refractivity contribution in [2.75, 3.05) is 0 Å². The van der Waals surface area contributed by atoms with E-state index in [-0.39, 0.29) is 12.8 Å². The predicted molar refractivity (Wildman–Crippen MR) is 77.7 cm³/mol. The molecule has 1 aliphatic carbocycles. The van der Waals surface area contributed by atoms with Crippen LogP contribution in [0.3, 0.4) is 0 Å². The summed E-state index contributed by atoms with van der Waals surface area (Å²) < 4.78 is 2.61. The van der Waals surface area contributed by atoms with Gasteiger partial charge in [-0.25, -0.2) is 4.79 Å². The smallest absolute Gasteiger partial charge is 0.326 e. The number of hydrogen-bond acceptors (Lipinski definition) is 3. The molecule has 1 aromatic heterocycles. The van der Waals surface area contributed by atoms with Gasteiger partial charge in [0.15, 0.2) is 0 Å². The Kier molecular flexibility index (Phi) is 4.66. The van der Waals surface area contributed by atoms with E-state index in [0.29, 0.717) is 11.7 Å². The van der Waals surface area contributed by atoms with Gasteiger partial charge in [-0.2, -0.15) is 0 Å². The van der Waals surface area contributed by atoms with Gasteiger partial charge < -0.3 is 20.7 Å². The van der Waals surface area contributed by atoms with Crippen LogP contribution in [0, 0.1) is 0 Å². The van der Waals surface area contributed by atoms with Crippen molar-refractivity contribution in [1.82, 2.24) is 9.88 Å². The highest BCUT2D eigenvalue weighted by Crippen LogP contribution is 2.37. The SMILES string of the molecule is NC(=O)CC[C@H](NC(=O)c1cc(Br)cn1C1CC1)C(=O)O. The maximum absolute atomic E-state index is 12.2. The van der Waals surface area contributed by atoms with Crippen LogP contribution >= 0.6 is 15.9 Å². The van der Waals surface area contributed by atoms with E-state index in [1.807, 2.05) is 10.8 Å². The van der Waals surface area contributed by atoms with Crippen LogP contribution in [-0.2, 0) is 9.59 Å². The minimum Gasteiger partial charge on any atom is -0.480 e. The third-order valence-electron chi connectivity index (χ3n) is 3.27. The summed E-state index contributed by atoms with van der Waals surface area (Å²) in [6, 6.07) is 0.818. The molecule has 0 saturated heterocycles. The van der Waals surface area contributed by atoms with E-state index in [9.17, 15) is 14.4 Å². The predicted octanol–water partition coefficient (Wildman–Crippen LogP) is 1.03. The summed E-state index contributed by atoms with van der Waals surface area (Å²) in [5, 5.41) is 11.5. The maximum atomic E-state index is 12.2. The van der Waals surface area contributed by atoms with Crippen molar-refractivity contribution < 1.29 is 19.5 Å². The number of aliphatic carboxylic acids is 1. The first-order valence-electron chi connectivity index (χ1n) is 6.58. The molecule has 0 bridgehead atoms. The molecule has 0 radical (unpaired) electrons. The van der Waals surface area contributed by atoms with E-state index in [4.69, 9.17) is 10.8 Å². The second-order valence-electron chi connectivity index (χ2n) is 5.05. The fourth-order valence-corrected chi connectivity index (χ4v) is 2.50. The molecular weight excluding hydrogens is 342 g/mol. The average Bonchev–Trinajstić information content (AvgIpc) is 3.16. The summed E-state index contributed by atoms with van der Waals surface area (Å²) >= 11 is 3.31. The topological polar surface area (TPSA) is 114 Å². The number of carbonyl (C=O) groups is 3. The number of halogens is 1. The first-order valence-corrected chi connectivity index (χ1v) is 7.37. The molecule has 114 valence electrons. The van der Waals surface area contributed by atoms with Crippen LogP contribution in [-0.4, -0.2) is 33.5 Å². The zero-order valence-corrected chi connectivity index (χ0v) is 12.8. The highest BCUT2D eigenvalue weighted by molar-refractivity contribution is 9.10. The van der Waals surface area contributed by atoms with Gasteiger partial charge >= 0.3 is 5.97 Å². The number of rotatable bonds is 7. The molecule has 1 fully saturated rings. The van der Waals surface area contributed by atoms with Crippen molar-refractivity contribution in [3.63, 3.8) is 0 Å². The zero-order chi connectivity index (χ0) is 15.6. The minimum atomic E-state index is -1.19. The maximum Gasteiger partial charge on any atom is 0.326 e. The molecule has 1 heterocycles. The summed E-state index contributed by atoms with van der Waals surface area (Å²) in [5.41, 5.74) is 5.42. The number of hydrogen-bond donors (Lipinski definition) is 3. The quantitative estimate of drug-likeness (QED) is 0.675. The van der Waals surface area contributed by atoms with Crippen molar-refractivity contribution in [1.29, 1.82) is 0 Å². The van der Waals surface area contributed by atoms with Gasteiger partial charge in [-0.05, 0) is 41.3 Å². The summed E-state index contributed by atoms with van der Waals surface area (Å²) in [5.74, 6) is -2.25. The van der Waals surface area contributed by atoms with Gasteiger partial charge in [0, 0.05) is 23.1 Å². The van der Waals surface area contributed by atoms with Crippen LogP contribution < -0.4 is 11.1 Å². The molecule has 8 heteroatoms. The Bertz CT molecular complexity index is 580. The van der Waals surface area contributed by atoms with Gasteiger partial charge in [-0.15, -0.1) is 0 Å². The lowest BCUT2D eigenvalue weighted by Crippen LogP contribution is -2.42. The molecule has 21 heavy (non-hydrogen) atoms. The van der Waals surface area contributed by atoms with Gasteiger partial charge in [0.05, 0.1) is 0 Å². The molecule has 1 atom stereocenters. The highest BCUT2D eigenvalue weighted by atomic mass is 79.9. The molecule has 0 unspecified atom stereocenters. The van der Waals surface area contributed by atoms with Gasteiger partial charge in [-0.1, -0.05) is 0 Å². The molecule has 1 saturated carbocycles. The van der Waals surface area contributed by atoms with E-state index < -0.39 is 23.8 Å². The molecule has 1 aliphatic rings. The molecule has 0 aliphatic heterocycles. The molecular formula is C13H16BrN3O4. The Morgan fingerprint density at radius 2 is 2.14 bits per heavy atom. The number of nitrogens with zero attached hydrogens (tertiary/aromatic N) is 1. The lowest BCUT2D eigenvalue weighted by atomic mass is 10.1. The van der Waals surface area contributed by atoms with E-state index in [1.165, 1.54) is 0 Å². The highest BCUT2D eigenvalue weighted by Gasteiger charge is 2.29. The summed E-state index contributed by atoms with van der Waals surface area (Å²) in [6.45, 7) is 0. The number of nitrogens with one attached hydrogen (secondary N) is 1. The molecule has 2 rings (SSSR count). The molecule has 4 N–H and O–H groups in total. The van der Waals surface area contributed by atoms with Crippen molar-refractivity contribution in [3.8, 4) is 0 Å². The standard InChI is InChI=1S/C13H16BrN3O4/c14-7-5-10(17(6-7)8-1-2-8)12(19)16-9(13(20)21)3-4-11(15)18/h5-6,8-9H,1-4H2,(H2,15,18)(H,16,19)(H,20,21)/t9-/m0/s1. The van der Waals surface area contributed by atoms with Crippen molar-refractivity contribution in [2.24, 2.45) is 5.73 Å². The van der Waals surface area contributed by atoms with Crippen LogP contribution in [0.2, 0.25) is 0 Å². The van der Waals surface area contributed by atoms with Gasteiger partial charge in [0.1, 0.15) is 11.7 Å². The van der Waals surface area contributed by atoms with E-state index in [0.717, 1.165) is 17.3 Å². The van der Waals surface area contributed by atoms with Crippen molar-refractivity contribution in [3.05, 3.63) is 22.4 Å². The van der Waals surface area contributed by atoms with Gasteiger partial charge in [0.2, 0.25) is 5.91 Å². The number of carbonyl (C=O) groups excluding carboxylic acids is 2. The normalized spacial score (nSPS) is 15.5. The number of carboxylic acids is 1. The van der Waals surface area contributed by atoms with Crippen LogP contribution in [0.25, 0.3) is 0 Å². The third-order valence-corrected chi connectivity index (χ3v) is 3.70. The van der Waals surface area contributed by atoms with E-state index in [1.54, 1.807) is 6.07 Å². The lowest BCUT2D eigenvalue weighted by Gasteiger charge is -2.14. The number of primary amides is 1. The second-order valence-corrected chi connectivity index (χ2v) is 5.97. The van der Waals surface area contributed by atoms with Crippen LogP contribution in [0.15, 0.2) is 16.7 Å². The molecule has 0 aromatic carbocycles. The van der Waals surface area contributed by atoms with Crippen LogP contribution in [0.4, 0.5) is 0 Å². The lowest BCUT2D eigenvalue weighted by molar-refractivity contribution is -0.139. The Labute approximate surface area is 129 Å². The molecule has 2 amide bonds. The average molecular weight is 358 g/mol. The molecule has 1 aromatic rings. The first-order chi connectivity index (χ1) is 9.88. The Balaban J connectivity index is 2.08. The third kappa shape index (κ3) is 4.07. The fraction of sp³-hybridized carbons (Fsp3) is 0.462.